The Labute approximate surface area is 126 Å². The highest BCUT2D eigenvalue weighted by Gasteiger charge is 2.33. The lowest BCUT2D eigenvalue weighted by Gasteiger charge is -2.13. The first-order chi connectivity index (χ1) is 9.41. The van der Waals surface area contributed by atoms with Gasteiger partial charge in [0.2, 0.25) is 0 Å². The zero-order valence-electron chi connectivity index (χ0n) is 10.1. The van der Waals surface area contributed by atoms with Gasteiger partial charge in [-0.15, -0.1) is 0 Å². The predicted octanol–water partition coefficient (Wildman–Crippen LogP) is 4.47. The van der Waals surface area contributed by atoms with E-state index in [2.05, 4.69) is 20.9 Å². The van der Waals surface area contributed by atoms with Crippen LogP contribution >= 0.6 is 27.7 Å². The molecular weight excluding hydrogens is 353 g/mol. The minimum Gasteiger partial charge on any atom is -0.326 e. The van der Waals surface area contributed by atoms with Gasteiger partial charge in [0.25, 0.3) is 0 Å². The summed E-state index contributed by atoms with van der Waals surface area (Å²) in [4.78, 5) is 4.58. The lowest BCUT2D eigenvalue weighted by Crippen LogP contribution is -2.11. The van der Waals surface area contributed by atoms with Gasteiger partial charge in [0.15, 0.2) is 0 Å². The van der Waals surface area contributed by atoms with Crippen LogP contribution < -0.4 is 5.73 Å². The standard InChI is InChI=1S/C13H10BrF3N2S/c14-11-2-1-5-19-12(11)20-9-4-3-8(7-18)10(6-9)13(15,16)17/h1-6H,7,18H2. The summed E-state index contributed by atoms with van der Waals surface area (Å²) >= 11 is 4.48. The van der Waals surface area contributed by atoms with E-state index >= 15 is 0 Å². The Kier molecular flexibility index (Phi) is 4.72. The molecule has 0 bridgehead atoms. The summed E-state index contributed by atoms with van der Waals surface area (Å²) < 4.78 is 39.6. The fourth-order valence-corrected chi connectivity index (χ4v) is 2.93. The van der Waals surface area contributed by atoms with Crippen LogP contribution in [-0.4, -0.2) is 4.98 Å². The molecule has 0 spiro atoms. The number of alkyl halides is 3. The van der Waals surface area contributed by atoms with Crippen molar-refractivity contribution in [1.29, 1.82) is 0 Å². The van der Waals surface area contributed by atoms with Crippen molar-refractivity contribution in [3.8, 4) is 0 Å². The van der Waals surface area contributed by atoms with Crippen LogP contribution in [0.2, 0.25) is 0 Å². The summed E-state index contributed by atoms with van der Waals surface area (Å²) in [7, 11) is 0. The number of aromatic nitrogens is 1. The number of nitrogens with two attached hydrogens (primary N) is 1. The molecule has 106 valence electrons. The minimum atomic E-state index is -4.41. The molecule has 1 aromatic carbocycles. The van der Waals surface area contributed by atoms with Crippen LogP contribution in [0.5, 0.6) is 0 Å². The number of pyridine rings is 1. The van der Waals surface area contributed by atoms with Crippen LogP contribution in [0, 0.1) is 0 Å². The SMILES string of the molecule is NCc1ccc(Sc2ncccc2Br)cc1C(F)(F)F. The monoisotopic (exact) mass is 362 g/mol. The number of halogens is 4. The maximum absolute atomic E-state index is 12.9. The Balaban J connectivity index is 2.37. The second-order valence-electron chi connectivity index (χ2n) is 3.91. The van der Waals surface area contributed by atoms with E-state index in [0.717, 1.165) is 22.3 Å². The van der Waals surface area contributed by atoms with Gasteiger partial charge in [-0.3, -0.25) is 0 Å². The highest BCUT2D eigenvalue weighted by Crippen LogP contribution is 2.37. The molecule has 0 saturated heterocycles. The second kappa shape index (κ2) is 6.15. The summed E-state index contributed by atoms with van der Waals surface area (Å²) in [6.07, 6.45) is -2.82. The molecule has 1 aromatic heterocycles. The number of hydrogen-bond acceptors (Lipinski definition) is 3. The first-order valence-corrected chi connectivity index (χ1v) is 7.21. The van der Waals surface area contributed by atoms with Gasteiger partial charge in [-0.1, -0.05) is 17.8 Å². The highest BCUT2D eigenvalue weighted by molar-refractivity contribution is 9.10. The van der Waals surface area contributed by atoms with Crippen molar-refractivity contribution in [2.24, 2.45) is 5.73 Å². The molecule has 0 fully saturated rings. The van der Waals surface area contributed by atoms with Crippen molar-refractivity contribution in [2.75, 3.05) is 0 Å². The van der Waals surface area contributed by atoms with Crippen molar-refractivity contribution in [2.45, 2.75) is 22.6 Å². The Morgan fingerprint density at radius 1 is 1.25 bits per heavy atom. The summed E-state index contributed by atoms with van der Waals surface area (Å²) in [6.45, 7) is -0.146. The average molecular weight is 363 g/mol. The molecule has 2 aromatic rings. The molecule has 2 rings (SSSR count). The van der Waals surface area contributed by atoms with Crippen LogP contribution in [0.1, 0.15) is 11.1 Å². The van der Waals surface area contributed by atoms with Crippen LogP contribution in [0.3, 0.4) is 0 Å². The van der Waals surface area contributed by atoms with Crippen LogP contribution in [0.25, 0.3) is 0 Å². The summed E-state index contributed by atoms with van der Waals surface area (Å²) in [6, 6.07) is 7.65. The first kappa shape index (κ1) is 15.3. The van der Waals surface area contributed by atoms with Gasteiger partial charge in [0, 0.05) is 17.6 Å². The molecule has 0 radical (unpaired) electrons. The normalized spacial score (nSPS) is 11.7. The van der Waals surface area contributed by atoms with E-state index < -0.39 is 11.7 Å². The second-order valence-corrected chi connectivity index (χ2v) is 5.83. The topological polar surface area (TPSA) is 38.9 Å². The zero-order chi connectivity index (χ0) is 14.8. The molecule has 2 N–H and O–H groups in total. The highest BCUT2D eigenvalue weighted by atomic mass is 79.9. The van der Waals surface area contributed by atoms with Crippen molar-refractivity contribution >= 4 is 27.7 Å². The van der Waals surface area contributed by atoms with E-state index in [1.54, 1.807) is 24.4 Å². The Morgan fingerprint density at radius 2 is 2.00 bits per heavy atom. The Bertz CT molecular complexity index is 617. The number of nitrogens with zero attached hydrogens (tertiary/aromatic N) is 1. The molecule has 7 heteroatoms. The van der Waals surface area contributed by atoms with E-state index in [1.807, 2.05) is 0 Å². The van der Waals surface area contributed by atoms with E-state index in [-0.39, 0.29) is 12.1 Å². The lowest BCUT2D eigenvalue weighted by molar-refractivity contribution is -0.138. The Hall–Kier alpha value is -1.05. The van der Waals surface area contributed by atoms with Crippen molar-refractivity contribution < 1.29 is 13.2 Å². The maximum Gasteiger partial charge on any atom is 0.416 e. The molecule has 0 amide bonds. The third-order valence-electron chi connectivity index (χ3n) is 2.55. The molecule has 0 atom stereocenters. The molecule has 0 unspecified atom stereocenters. The van der Waals surface area contributed by atoms with Crippen LogP contribution in [-0.2, 0) is 12.7 Å². The molecule has 20 heavy (non-hydrogen) atoms. The lowest BCUT2D eigenvalue weighted by atomic mass is 10.1. The number of hydrogen-bond donors (Lipinski definition) is 1. The number of benzene rings is 1. The van der Waals surface area contributed by atoms with Gasteiger partial charge in [-0.2, -0.15) is 13.2 Å². The molecule has 0 aliphatic rings. The van der Waals surface area contributed by atoms with Crippen molar-refractivity contribution in [3.63, 3.8) is 0 Å². The largest absolute Gasteiger partial charge is 0.416 e. The fraction of sp³-hybridized carbons (Fsp3) is 0.154. The van der Waals surface area contributed by atoms with Crippen LogP contribution in [0.15, 0.2) is 50.9 Å². The van der Waals surface area contributed by atoms with Gasteiger partial charge in [-0.05, 0) is 45.8 Å². The zero-order valence-corrected chi connectivity index (χ0v) is 12.5. The summed E-state index contributed by atoms with van der Waals surface area (Å²) in [5.41, 5.74) is 4.74. The number of rotatable bonds is 3. The van der Waals surface area contributed by atoms with Gasteiger partial charge >= 0.3 is 6.18 Å². The summed E-state index contributed by atoms with van der Waals surface area (Å²) in [5.74, 6) is 0. The third-order valence-corrected chi connectivity index (χ3v) is 4.46. The van der Waals surface area contributed by atoms with Crippen molar-refractivity contribution in [3.05, 3.63) is 52.1 Å². The van der Waals surface area contributed by atoms with E-state index in [0.29, 0.717) is 9.92 Å². The average Bonchev–Trinajstić information content (AvgIpc) is 2.40. The fourth-order valence-electron chi connectivity index (χ4n) is 1.62. The quantitative estimate of drug-likeness (QED) is 0.875. The van der Waals surface area contributed by atoms with Gasteiger partial charge < -0.3 is 5.73 Å². The van der Waals surface area contributed by atoms with Crippen LogP contribution in [0.4, 0.5) is 13.2 Å². The van der Waals surface area contributed by atoms with Gasteiger partial charge in [0.1, 0.15) is 5.03 Å². The molecule has 0 saturated carbocycles. The Morgan fingerprint density at radius 3 is 2.60 bits per heavy atom. The van der Waals surface area contributed by atoms with E-state index in [9.17, 15) is 13.2 Å². The molecule has 2 nitrogen and oxygen atoms in total. The summed E-state index contributed by atoms with van der Waals surface area (Å²) in [5, 5.41) is 0.612. The van der Waals surface area contributed by atoms with E-state index in [4.69, 9.17) is 5.73 Å². The predicted molar refractivity (Wildman–Crippen MR) is 75.4 cm³/mol. The van der Waals surface area contributed by atoms with Crippen molar-refractivity contribution in [1.82, 2.24) is 4.98 Å². The smallest absolute Gasteiger partial charge is 0.326 e. The van der Waals surface area contributed by atoms with Gasteiger partial charge in [-0.25, -0.2) is 4.98 Å². The molecular formula is C13H10BrF3N2S. The molecule has 0 aliphatic heterocycles. The third kappa shape index (κ3) is 3.53. The molecule has 1 heterocycles. The minimum absolute atomic E-state index is 0.0851. The first-order valence-electron chi connectivity index (χ1n) is 5.60. The maximum atomic E-state index is 12.9. The van der Waals surface area contributed by atoms with Gasteiger partial charge in [0.05, 0.1) is 10.0 Å². The van der Waals surface area contributed by atoms with E-state index in [1.165, 1.54) is 6.07 Å². The molecule has 0 aliphatic carbocycles.